The molecule has 202 valence electrons. The molecule has 1 aromatic heterocycles. The van der Waals surface area contributed by atoms with Crippen LogP contribution in [0.4, 0.5) is 16.1 Å². The number of para-hydroxylation sites is 1. The van der Waals surface area contributed by atoms with E-state index in [4.69, 9.17) is 9.15 Å². The summed E-state index contributed by atoms with van der Waals surface area (Å²) < 4.78 is 28.4. The number of aliphatic carboxylic acids is 1. The summed E-state index contributed by atoms with van der Waals surface area (Å²) in [4.78, 5) is 30.9. The Morgan fingerprint density at radius 3 is 2.68 bits per heavy atom. The third-order valence-electron chi connectivity index (χ3n) is 7.81. The number of ketones is 1. The molecule has 9 heteroatoms. The molecule has 3 aromatic rings. The van der Waals surface area contributed by atoms with Gasteiger partial charge in [-0.05, 0) is 74.3 Å². The smallest absolute Gasteiger partial charge is 0.330 e. The molecule has 2 aromatic carbocycles. The molecule has 0 radical (unpaired) electrons. The highest BCUT2D eigenvalue weighted by Gasteiger charge is 2.49. The Morgan fingerprint density at radius 1 is 1.21 bits per heavy atom. The standard InChI is InChI=1S/C29H34FN3O5/c1-18-7-3-4-8-22(18)31-28-32-23-11-9-20(16-25(23)37-28)17-26(34)29(30,33-13-5-6-14-33)38-24-12-10-21(27(35)36)15-19(24)2/h3-4,7-9,11,16,19,21,24H,5-6,10,12-15,17H2,1-2H3,(H,31,32)(H,35,36)/t19-,21?,24-,29-/m0/s1. The highest BCUT2D eigenvalue weighted by molar-refractivity contribution is 5.88. The molecule has 0 bridgehead atoms. The number of carbonyl (C=O) groups excluding carboxylic acids is 1. The average Bonchev–Trinajstić information content (AvgIpc) is 3.56. The molecule has 2 fully saturated rings. The molecule has 5 rings (SSSR count). The number of hydrogen-bond acceptors (Lipinski definition) is 7. The van der Waals surface area contributed by atoms with Gasteiger partial charge >= 0.3 is 11.9 Å². The first-order valence-corrected chi connectivity index (χ1v) is 13.3. The van der Waals surface area contributed by atoms with E-state index >= 15 is 4.39 Å². The van der Waals surface area contributed by atoms with Crippen molar-refractivity contribution in [3.63, 3.8) is 0 Å². The maximum absolute atomic E-state index is 16.6. The van der Waals surface area contributed by atoms with Crippen LogP contribution >= 0.6 is 0 Å². The van der Waals surface area contributed by atoms with Crippen molar-refractivity contribution in [1.82, 2.24) is 9.88 Å². The maximum atomic E-state index is 16.6. The minimum Gasteiger partial charge on any atom is -0.481 e. The lowest BCUT2D eigenvalue weighted by molar-refractivity contribution is -0.259. The van der Waals surface area contributed by atoms with Crippen molar-refractivity contribution in [2.45, 2.75) is 64.5 Å². The second-order valence-corrected chi connectivity index (χ2v) is 10.6. The zero-order valence-electron chi connectivity index (χ0n) is 21.8. The van der Waals surface area contributed by atoms with Crippen LogP contribution in [0.5, 0.6) is 0 Å². The molecule has 1 saturated heterocycles. The summed E-state index contributed by atoms with van der Waals surface area (Å²) >= 11 is 0. The zero-order valence-corrected chi connectivity index (χ0v) is 21.8. The second kappa shape index (κ2) is 10.8. The Labute approximate surface area is 221 Å². The van der Waals surface area contributed by atoms with Crippen LogP contribution < -0.4 is 5.32 Å². The number of halogens is 1. The Morgan fingerprint density at radius 2 is 1.97 bits per heavy atom. The molecule has 38 heavy (non-hydrogen) atoms. The number of likely N-dealkylation sites (tertiary alicyclic amines) is 1. The predicted octanol–water partition coefficient (Wildman–Crippen LogP) is 5.62. The zero-order chi connectivity index (χ0) is 26.9. The lowest BCUT2D eigenvalue weighted by Gasteiger charge is -2.40. The van der Waals surface area contributed by atoms with Crippen LogP contribution in [0.25, 0.3) is 11.1 Å². The number of rotatable bonds is 9. The molecule has 2 heterocycles. The van der Waals surface area contributed by atoms with Crippen molar-refractivity contribution in [3.05, 3.63) is 53.6 Å². The predicted molar refractivity (Wildman–Crippen MR) is 141 cm³/mol. The van der Waals surface area contributed by atoms with Crippen LogP contribution in [0, 0.1) is 18.8 Å². The molecule has 1 aliphatic heterocycles. The van der Waals surface area contributed by atoms with Crippen molar-refractivity contribution >= 4 is 34.6 Å². The molecule has 4 atom stereocenters. The highest BCUT2D eigenvalue weighted by Crippen LogP contribution is 2.37. The number of carboxylic acids is 1. The van der Waals surface area contributed by atoms with Crippen LogP contribution in [0.15, 0.2) is 46.9 Å². The van der Waals surface area contributed by atoms with Gasteiger partial charge in [0.25, 0.3) is 6.01 Å². The van der Waals surface area contributed by atoms with Crippen molar-refractivity contribution in [1.29, 1.82) is 0 Å². The Kier molecular flexibility index (Phi) is 7.49. The van der Waals surface area contributed by atoms with Crippen molar-refractivity contribution in [2.24, 2.45) is 11.8 Å². The van der Waals surface area contributed by atoms with E-state index in [9.17, 15) is 14.7 Å². The van der Waals surface area contributed by atoms with E-state index in [0.717, 1.165) is 24.1 Å². The van der Waals surface area contributed by atoms with E-state index < -0.39 is 29.8 Å². The summed E-state index contributed by atoms with van der Waals surface area (Å²) in [7, 11) is 0. The molecular weight excluding hydrogens is 489 g/mol. The number of aromatic nitrogens is 1. The molecule has 2 N–H and O–H groups in total. The fourth-order valence-electron chi connectivity index (χ4n) is 5.54. The van der Waals surface area contributed by atoms with Gasteiger partial charge in [-0.2, -0.15) is 9.37 Å². The number of ether oxygens (including phenoxy) is 1. The van der Waals surface area contributed by atoms with Gasteiger partial charge < -0.3 is 19.6 Å². The number of alkyl halides is 1. The normalized spacial score (nSPS) is 23.8. The van der Waals surface area contributed by atoms with Gasteiger partial charge in [-0.25, -0.2) is 4.90 Å². The van der Waals surface area contributed by atoms with Gasteiger partial charge in [0.05, 0.1) is 12.0 Å². The van der Waals surface area contributed by atoms with Crippen LogP contribution in [-0.2, 0) is 20.7 Å². The second-order valence-electron chi connectivity index (χ2n) is 10.6. The number of anilines is 2. The van der Waals surface area contributed by atoms with E-state index in [1.807, 2.05) is 38.1 Å². The first-order chi connectivity index (χ1) is 18.2. The maximum Gasteiger partial charge on any atom is 0.330 e. The summed E-state index contributed by atoms with van der Waals surface area (Å²) in [5.74, 6) is -4.68. The molecule has 1 saturated carbocycles. The molecule has 1 unspecified atom stereocenters. The third-order valence-corrected chi connectivity index (χ3v) is 7.81. The van der Waals surface area contributed by atoms with Gasteiger partial charge in [0.15, 0.2) is 5.58 Å². The number of oxazole rings is 1. The fraction of sp³-hybridized carbons (Fsp3) is 0.483. The molecule has 1 aliphatic carbocycles. The molecule has 0 spiro atoms. The van der Waals surface area contributed by atoms with Gasteiger partial charge in [-0.1, -0.05) is 31.2 Å². The number of nitrogens with zero attached hydrogens (tertiary/aromatic N) is 2. The van der Waals surface area contributed by atoms with Gasteiger partial charge in [-0.3, -0.25) is 9.59 Å². The Hall–Kier alpha value is -3.30. The van der Waals surface area contributed by atoms with Crippen LogP contribution in [-0.4, -0.2) is 51.9 Å². The Bertz CT molecular complexity index is 1320. The van der Waals surface area contributed by atoms with E-state index in [1.165, 1.54) is 4.90 Å². The van der Waals surface area contributed by atoms with E-state index in [2.05, 4.69) is 10.3 Å². The molecule has 2 aliphatic rings. The molecular formula is C29H34FN3O5. The highest BCUT2D eigenvalue weighted by atomic mass is 19.2. The SMILES string of the molecule is Cc1ccccc1Nc1nc2ccc(CC(=O)[C@@](F)(O[C@H]3CCC(C(=O)O)C[C@@H]3C)N3CCCC3)cc2o1. The quantitative estimate of drug-likeness (QED) is 0.349. The summed E-state index contributed by atoms with van der Waals surface area (Å²) in [5, 5.41) is 12.5. The van der Waals surface area contributed by atoms with E-state index in [-0.39, 0.29) is 12.3 Å². The number of nitrogens with one attached hydrogen (secondary N) is 1. The first kappa shape index (κ1) is 26.3. The summed E-state index contributed by atoms with van der Waals surface area (Å²) in [6, 6.07) is 13.4. The number of carboxylic acid groups (broad SMARTS) is 1. The topological polar surface area (TPSA) is 105 Å². The van der Waals surface area contributed by atoms with Crippen LogP contribution in [0.2, 0.25) is 0 Å². The van der Waals surface area contributed by atoms with Crippen LogP contribution in [0.1, 0.15) is 50.2 Å². The molecule has 0 amide bonds. The van der Waals surface area contributed by atoms with Gasteiger partial charge in [0.2, 0.25) is 5.78 Å². The number of fused-ring (bicyclic) bond motifs is 1. The third kappa shape index (κ3) is 5.44. The average molecular weight is 524 g/mol. The lowest BCUT2D eigenvalue weighted by atomic mass is 9.80. The first-order valence-electron chi connectivity index (χ1n) is 13.3. The Balaban J connectivity index is 1.33. The summed E-state index contributed by atoms with van der Waals surface area (Å²) in [5.41, 5.74) is 3.66. The fourth-order valence-corrected chi connectivity index (χ4v) is 5.54. The number of aryl methyl sites for hydroxylation is 1. The summed E-state index contributed by atoms with van der Waals surface area (Å²) in [6.07, 6.45) is 2.14. The van der Waals surface area contributed by atoms with E-state index in [0.29, 0.717) is 55.0 Å². The van der Waals surface area contributed by atoms with Crippen molar-refractivity contribution < 1.29 is 28.2 Å². The van der Waals surface area contributed by atoms with Crippen LogP contribution in [0.3, 0.4) is 0 Å². The van der Waals surface area contributed by atoms with Gasteiger partial charge in [-0.15, -0.1) is 0 Å². The minimum absolute atomic E-state index is 0.164. The number of Topliss-reactive ketones (excluding diaryl/α,β-unsaturated/α-hetero) is 1. The molecule has 8 nitrogen and oxygen atoms in total. The van der Waals surface area contributed by atoms with Crippen molar-refractivity contribution in [2.75, 3.05) is 18.4 Å². The summed E-state index contributed by atoms with van der Waals surface area (Å²) in [6.45, 7) is 4.74. The van der Waals surface area contributed by atoms with Crippen molar-refractivity contribution in [3.8, 4) is 0 Å². The number of carbonyl (C=O) groups is 2. The number of benzene rings is 2. The largest absolute Gasteiger partial charge is 0.481 e. The van der Waals surface area contributed by atoms with E-state index in [1.54, 1.807) is 18.2 Å². The minimum atomic E-state index is -2.56. The van der Waals surface area contributed by atoms with Gasteiger partial charge in [0, 0.05) is 25.2 Å². The number of hydrogen-bond donors (Lipinski definition) is 2. The van der Waals surface area contributed by atoms with Gasteiger partial charge in [0.1, 0.15) is 5.52 Å². The lowest BCUT2D eigenvalue weighted by Crippen LogP contribution is -2.55. The monoisotopic (exact) mass is 523 g/mol.